The van der Waals surface area contributed by atoms with Gasteiger partial charge in [-0.1, -0.05) is 6.92 Å². The van der Waals surface area contributed by atoms with E-state index in [-0.39, 0.29) is 23.7 Å². The molecule has 0 bridgehead atoms. The van der Waals surface area contributed by atoms with Gasteiger partial charge in [0.1, 0.15) is 16.8 Å². The van der Waals surface area contributed by atoms with Crippen LogP contribution in [-0.2, 0) is 14.5 Å². The van der Waals surface area contributed by atoms with Crippen LogP contribution in [0, 0.1) is 0 Å². The van der Waals surface area contributed by atoms with Gasteiger partial charge in [-0.05, 0) is 60.1 Å². The minimum atomic E-state index is -1.40. The van der Waals surface area contributed by atoms with Crippen LogP contribution in [0.15, 0.2) is 12.1 Å². The Hall–Kier alpha value is -2.32. The van der Waals surface area contributed by atoms with Crippen LogP contribution in [0.4, 0.5) is 0 Å². The molecule has 1 aromatic rings. The van der Waals surface area contributed by atoms with Crippen molar-refractivity contribution in [3.63, 3.8) is 0 Å². The van der Waals surface area contributed by atoms with Crippen LogP contribution in [-0.4, -0.2) is 34.9 Å². The molecule has 1 aromatic carbocycles. The molecule has 0 aliphatic rings. The molecule has 0 aliphatic heterocycles. The molecule has 0 saturated carbocycles. The number of carboxylic acids is 1. The summed E-state index contributed by atoms with van der Waals surface area (Å²) in [7, 11) is 0. The fourth-order valence-electron chi connectivity index (χ4n) is 1.70. The van der Waals surface area contributed by atoms with E-state index in [1.54, 1.807) is 41.5 Å². The van der Waals surface area contributed by atoms with Crippen molar-refractivity contribution in [1.82, 2.24) is 0 Å². The van der Waals surface area contributed by atoms with Gasteiger partial charge in [-0.3, -0.25) is 0 Å². The smallest absolute Gasteiger partial charge is 0.340 e. The second-order valence-electron chi connectivity index (χ2n) is 7.81. The first kappa shape index (κ1) is 22.7. The molecule has 27 heavy (non-hydrogen) atoms. The average molecular weight is 384 g/mol. The predicted octanol–water partition coefficient (Wildman–Crippen LogP) is 4.17. The van der Waals surface area contributed by atoms with Crippen molar-refractivity contribution < 1.29 is 39.0 Å². The van der Waals surface area contributed by atoms with Gasteiger partial charge in [0.05, 0.1) is 12.2 Å². The fraction of sp³-hybridized carbons (Fsp3) is 0.579. The molecule has 152 valence electrons. The van der Waals surface area contributed by atoms with Crippen molar-refractivity contribution in [1.29, 1.82) is 0 Å². The maximum Gasteiger partial charge on any atom is 0.340 e. The number of carbonyl (C=O) groups excluding carboxylic acids is 1. The van der Waals surface area contributed by atoms with Gasteiger partial charge in [0, 0.05) is 0 Å². The summed E-state index contributed by atoms with van der Waals surface area (Å²) in [6.45, 7) is 12.4. The van der Waals surface area contributed by atoms with Crippen molar-refractivity contribution in [3.05, 3.63) is 23.3 Å². The van der Waals surface area contributed by atoms with E-state index in [1.807, 2.05) is 6.92 Å². The number of aromatic carboxylic acids is 1. The van der Waals surface area contributed by atoms with Crippen LogP contribution in [0.2, 0.25) is 0 Å². The van der Waals surface area contributed by atoms with Crippen molar-refractivity contribution in [2.24, 2.45) is 0 Å². The number of hydrogen-bond acceptors (Lipinski definition) is 7. The first-order valence-corrected chi connectivity index (χ1v) is 8.64. The van der Waals surface area contributed by atoms with Crippen LogP contribution < -0.4 is 9.78 Å². The number of hydrogen-bond donors (Lipinski definition) is 1. The van der Waals surface area contributed by atoms with E-state index in [0.29, 0.717) is 6.42 Å². The van der Waals surface area contributed by atoms with Crippen LogP contribution in [0.1, 0.15) is 75.6 Å². The van der Waals surface area contributed by atoms with E-state index < -0.39 is 28.7 Å². The molecule has 0 aliphatic carbocycles. The maximum absolute atomic E-state index is 12.3. The van der Waals surface area contributed by atoms with Gasteiger partial charge in [0.25, 0.3) is 0 Å². The highest BCUT2D eigenvalue weighted by atomic mass is 17.2. The minimum absolute atomic E-state index is 0.0429. The van der Waals surface area contributed by atoms with Gasteiger partial charge < -0.3 is 19.6 Å². The summed E-state index contributed by atoms with van der Waals surface area (Å²) in [5.41, 5.74) is -2.01. The average Bonchev–Trinajstić information content (AvgIpc) is 2.53. The predicted molar refractivity (Wildman–Crippen MR) is 96.9 cm³/mol. The molecule has 0 radical (unpaired) electrons. The molecule has 0 atom stereocenters. The molecule has 1 rings (SSSR count). The second-order valence-corrected chi connectivity index (χ2v) is 7.81. The summed E-state index contributed by atoms with van der Waals surface area (Å²) in [5, 5.41) is 9.66. The van der Waals surface area contributed by atoms with Crippen LogP contribution in [0.5, 0.6) is 11.5 Å². The molecule has 1 N–H and O–H groups in total. The Morgan fingerprint density at radius 1 is 0.963 bits per heavy atom. The number of esters is 1. The van der Waals surface area contributed by atoms with Crippen LogP contribution in [0.3, 0.4) is 0 Å². The van der Waals surface area contributed by atoms with E-state index in [9.17, 15) is 14.7 Å². The highest BCUT2D eigenvalue weighted by Crippen LogP contribution is 2.36. The van der Waals surface area contributed by atoms with E-state index in [0.717, 1.165) is 0 Å². The normalized spacial score (nSPS) is 11.8. The fourth-order valence-corrected chi connectivity index (χ4v) is 1.70. The SMILES string of the molecule is CCCOC(=O)c1ccc(OOC(C)(C)C)c(OOC(C)(C)C)c1C(=O)O. The van der Waals surface area contributed by atoms with Crippen molar-refractivity contribution in [3.8, 4) is 11.5 Å². The van der Waals surface area contributed by atoms with Gasteiger partial charge in [0.2, 0.25) is 11.5 Å². The van der Waals surface area contributed by atoms with E-state index in [4.69, 9.17) is 24.3 Å². The number of benzene rings is 1. The monoisotopic (exact) mass is 384 g/mol. The third kappa shape index (κ3) is 7.44. The molecule has 0 spiro atoms. The summed E-state index contributed by atoms with van der Waals surface area (Å²) in [6.07, 6.45) is 0.602. The summed E-state index contributed by atoms with van der Waals surface area (Å²) in [4.78, 5) is 45.1. The molecular weight excluding hydrogens is 356 g/mol. The standard InChI is InChI=1S/C19H28O8/c1-8-11-23-17(22)12-9-10-13(24-26-18(2,3)4)15(14(12)16(20)21)25-27-19(5,6)7/h9-10H,8,11H2,1-7H3,(H,20,21). The lowest BCUT2D eigenvalue weighted by Gasteiger charge is -2.22. The zero-order chi connectivity index (χ0) is 20.8. The number of carboxylic acid groups (broad SMARTS) is 1. The van der Waals surface area contributed by atoms with E-state index in [2.05, 4.69) is 0 Å². The zero-order valence-corrected chi connectivity index (χ0v) is 16.9. The summed E-state index contributed by atoms with van der Waals surface area (Å²) < 4.78 is 5.05. The van der Waals surface area contributed by atoms with Crippen LogP contribution >= 0.6 is 0 Å². The van der Waals surface area contributed by atoms with Gasteiger partial charge in [-0.15, -0.1) is 0 Å². The number of rotatable bonds is 8. The number of ether oxygens (including phenoxy) is 1. The molecule has 0 unspecified atom stereocenters. The van der Waals surface area contributed by atoms with Crippen molar-refractivity contribution in [2.45, 2.75) is 66.1 Å². The molecule has 0 saturated heterocycles. The lowest BCUT2D eigenvalue weighted by atomic mass is 10.1. The molecule has 0 aromatic heterocycles. The topological polar surface area (TPSA) is 101 Å². The van der Waals surface area contributed by atoms with E-state index in [1.165, 1.54) is 12.1 Å². The van der Waals surface area contributed by atoms with Gasteiger partial charge >= 0.3 is 11.9 Å². The van der Waals surface area contributed by atoms with Gasteiger partial charge in [-0.2, -0.15) is 9.78 Å². The highest BCUT2D eigenvalue weighted by Gasteiger charge is 2.29. The Labute approximate surface area is 159 Å². The molecule has 0 heterocycles. The zero-order valence-electron chi connectivity index (χ0n) is 16.9. The lowest BCUT2D eigenvalue weighted by Crippen LogP contribution is -2.24. The molecule has 8 heteroatoms. The van der Waals surface area contributed by atoms with Gasteiger partial charge in [-0.25, -0.2) is 9.59 Å². The Balaban J connectivity index is 3.40. The van der Waals surface area contributed by atoms with Crippen LogP contribution in [0.25, 0.3) is 0 Å². The first-order valence-electron chi connectivity index (χ1n) is 8.64. The summed E-state index contributed by atoms with van der Waals surface area (Å²) in [6, 6.07) is 2.65. The largest absolute Gasteiger partial charge is 0.478 e. The Morgan fingerprint density at radius 2 is 1.52 bits per heavy atom. The third-order valence-corrected chi connectivity index (χ3v) is 2.75. The molecular formula is C19H28O8. The lowest BCUT2D eigenvalue weighted by molar-refractivity contribution is -0.292. The third-order valence-electron chi connectivity index (χ3n) is 2.75. The highest BCUT2D eigenvalue weighted by molar-refractivity contribution is 6.05. The molecule has 0 amide bonds. The summed E-state index contributed by atoms with van der Waals surface area (Å²) >= 11 is 0. The first-order chi connectivity index (χ1) is 12.4. The van der Waals surface area contributed by atoms with Crippen molar-refractivity contribution in [2.75, 3.05) is 6.61 Å². The Morgan fingerprint density at radius 3 is 2.00 bits per heavy atom. The Bertz CT molecular complexity index is 668. The molecule has 8 nitrogen and oxygen atoms in total. The molecule has 0 fully saturated rings. The van der Waals surface area contributed by atoms with Crippen molar-refractivity contribution >= 4 is 11.9 Å². The Kier molecular flexibility index (Phi) is 7.62. The van der Waals surface area contributed by atoms with Gasteiger partial charge in [0.15, 0.2) is 0 Å². The maximum atomic E-state index is 12.3. The second kappa shape index (κ2) is 9.05. The number of carbonyl (C=O) groups is 2. The van der Waals surface area contributed by atoms with E-state index >= 15 is 0 Å². The summed E-state index contributed by atoms with van der Waals surface area (Å²) in [5.74, 6) is -2.50. The minimum Gasteiger partial charge on any atom is -0.478 e. The quantitative estimate of drug-likeness (QED) is 0.405.